The molecule has 0 bridgehead atoms. The van der Waals surface area contributed by atoms with Crippen molar-refractivity contribution in [1.82, 2.24) is 0 Å². The quantitative estimate of drug-likeness (QED) is 0.654. The van der Waals surface area contributed by atoms with Gasteiger partial charge in [-0.2, -0.15) is 0 Å². The predicted molar refractivity (Wildman–Crippen MR) is 84.2 cm³/mol. The number of epoxide rings is 2. The molecule has 2 aromatic carbocycles. The molecule has 0 aliphatic carbocycles. The van der Waals surface area contributed by atoms with Gasteiger partial charge in [-0.05, 0) is 24.3 Å². The summed E-state index contributed by atoms with van der Waals surface area (Å²) < 4.78 is 27.7. The third-order valence-electron chi connectivity index (χ3n) is 4.09. The van der Waals surface area contributed by atoms with Gasteiger partial charge in [0.1, 0.15) is 48.1 Å². The van der Waals surface area contributed by atoms with Crippen molar-refractivity contribution in [3.8, 4) is 11.5 Å². The normalized spacial score (nSPS) is 22.4. The van der Waals surface area contributed by atoms with E-state index < -0.39 is 0 Å². The lowest BCUT2D eigenvalue weighted by Crippen LogP contribution is -2.03. The number of ether oxygens (including phenoxy) is 4. The van der Waals surface area contributed by atoms with E-state index in [1.54, 1.807) is 0 Å². The van der Waals surface area contributed by atoms with Gasteiger partial charge in [-0.25, -0.2) is 0 Å². The van der Waals surface area contributed by atoms with Crippen molar-refractivity contribution in [2.45, 2.75) is 12.2 Å². The number of rotatable bonds is 6. The largest absolute Gasteiger partial charge is 0.491 e. The highest BCUT2D eigenvalue weighted by Crippen LogP contribution is 2.33. The summed E-state index contributed by atoms with van der Waals surface area (Å²) in [7, 11) is 0. The van der Waals surface area contributed by atoms with E-state index >= 15 is 0 Å². The first kappa shape index (κ1) is 13.2. The second-order valence-electron chi connectivity index (χ2n) is 5.95. The van der Waals surface area contributed by atoms with Gasteiger partial charge in [0.2, 0.25) is 0 Å². The van der Waals surface area contributed by atoms with Crippen molar-refractivity contribution < 1.29 is 23.4 Å². The summed E-state index contributed by atoms with van der Waals surface area (Å²) >= 11 is 0. The Morgan fingerprint density at radius 2 is 1.26 bits per heavy atom. The van der Waals surface area contributed by atoms with Gasteiger partial charge in [0.05, 0.1) is 13.2 Å². The molecule has 23 heavy (non-hydrogen) atoms. The summed E-state index contributed by atoms with van der Waals surface area (Å²) in [5.41, 5.74) is 1.63. The molecule has 1 aromatic heterocycles. The Bertz CT molecular complexity index is 790. The molecule has 5 nitrogen and oxygen atoms in total. The maximum absolute atomic E-state index is 5.96. The molecule has 2 fully saturated rings. The molecule has 0 amide bonds. The molecule has 2 saturated heterocycles. The molecule has 2 aliphatic heterocycles. The average Bonchev–Trinajstić information content (AvgIpc) is 3.48. The first-order valence-electron chi connectivity index (χ1n) is 7.80. The van der Waals surface area contributed by atoms with Gasteiger partial charge in [0.25, 0.3) is 0 Å². The molecule has 0 radical (unpaired) electrons. The van der Waals surface area contributed by atoms with Gasteiger partial charge < -0.3 is 23.4 Å². The smallest absolute Gasteiger partial charge is 0.139 e. The molecular weight excluding hydrogens is 296 g/mol. The Kier molecular flexibility index (Phi) is 2.96. The van der Waals surface area contributed by atoms with Crippen LogP contribution in [0.25, 0.3) is 21.9 Å². The average molecular weight is 312 g/mol. The SMILES string of the molecule is c1cc2c(cc1OCC1CO1)oc1cc(OCC3CO3)ccc12. The minimum atomic E-state index is 0.247. The summed E-state index contributed by atoms with van der Waals surface area (Å²) in [5, 5.41) is 2.15. The molecule has 0 N–H and O–H groups in total. The molecule has 2 atom stereocenters. The summed E-state index contributed by atoms with van der Waals surface area (Å²) in [6.07, 6.45) is 0.494. The number of fused-ring (bicyclic) bond motifs is 3. The lowest BCUT2D eigenvalue weighted by atomic mass is 10.1. The standard InChI is InChI=1S/C18H16O5/c1-3-15-16-4-2-12(20-8-14-10-22-14)6-18(16)23-17(15)5-11(1)19-7-13-9-21-13/h1-6,13-14H,7-10H2. The number of hydrogen-bond donors (Lipinski definition) is 0. The highest BCUT2D eigenvalue weighted by molar-refractivity contribution is 6.05. The van der Waals surface area contributed by atoms with Crippen LogP contribution in [0.4, 0.5) is 0 Å². The van der Waals surface area contributed by atoms with Gasteiger partial charge in [-0.1, -0.05) is 0 Å². The van der Waals surface area contributed by atoms with Crippen LogP contribution in [-0.4, -0.2) is 38.6 Å². The second-order valence-corrected chi connectivity index (χ2v) is 5.95. The molecular formula is C18H16O5. The first-order valence-corrected chi connectivity index (χ1v) is 7.80. The third-order valence-corrected chi connectivity index (χ3v) is 4.09. The molecule has 2 unspecified atom stereocenters. The second kappa shape index (κ2) is 5.15. The van der Waals surface area contributed by atoms with Crippen LogP contribution in [0.5, 0.6) is 11.5 Å². The van der Waals surface area contributed by atoms with Crippen LogP contribution in [0.2, 0.25) is 0 Å². The molecule has 0 spiro atoms. The van der Waals surface area contributed by atoms with Crippen molar-refractivity contribution in [1.29, 1.82) is 0 Å². The molecule has 3 aromatic rings. The van der Waals surface area contributed by atoms with Gasteiger partial charge in [-0.15, -0.1) is 0 Å². The van der Waals surface area contributed by atoms with Crippen LogP contribution in [0.3, 0.4) is 0 Å². The van der Waals surface area contributed by atoms with Gasteiger partial charge >= 0.3 is 0 Å². The highest BCUT2D eigenvalue weighted by Gasteiger charge is 2.24. The van der Waals surface area contributed by atoms with Gasteiger partial charge in [-0.3, -0.25) is 0 Å². The topological polar surface area (TPSA) is 56.7 Å². The van der Waals surface area contributed by atoms with Crippen LogP contribution >= 0.6 is 0 Å². The van der Waals surface area contributed by atoms with Crippen molar-refractivity contribution in [2.75, 3.05) is 26.4 Å². The van der Waals surface area contributed by atoms with E-state index in [1.807, 2.05) is 36.4 Å². The van der Waals surface area contributed by atoms with E-state index in [0.29, 0.717) is 13.2 Å². The van der Waals surface area contributed by atoms with E-state index in [1.165, 1.54) is 0 Å². The summed E-state index contributed by atoms with van der Waals surface area (Å²) in [6.45, 7) is 2.77. The highest BCUT2D eigenvalue weighted by atomic mass is 16.6. The number of furan rings is 1. The monoisotopic (exact) mass is 312 g/mol. The maximum Gasteiger partial charge on any atom is 0.139 e. The molecule has 5 rings (SSSR count). The van der Waals surface area contributed by atoms with Crippen molar-refractivity contribution in [3.63, 3.8) is 0 Å². The zero-order valence-corrected chi connectivity index (χ0v) is 12.5. The minimum Gasteiger partial charge on any atom is -0.491 e. The lowest BCUT2D eigenvalue weighted by molar-refractivity contribution is 0.263. The van der Waals surface area contributed by atoms with Gasteiger partial charge in [0, 0.05) is 22.9 Å². The summed E-state index contributed by atoms with van der Waals surface area (Å²) in [6, 6.07) is 11.8. The summed E-state index contributed by atoms with van der Waals surface area (Å²) in [5.74, 6) is 1.60. The zero-order valence-electron chi connectivity index (χ0n) is 12.5. The van der Waals surface area contributed by atoms with Gasteiger partial charge in [0.15, 0.2) is 0 Å². The van der Waals surface area contributed by atoms with Crippen LogP contribution in [-0.2, 0) is 9.47 Å². The predicted octanol–water partition coefficient (Wildman–Crippen LogP) is 3.14. The first-order chi connectivity index (χ1) is 11.3. The van der Waals surface area contributed by atoms with Crippen LogP contribution in [0.15, 0.2) is 40.8 Å². The Balaban J connectivity index is 1.43. The fourth-order valence-electron chi connectivity index (χ4n) is 2.62. The van der Waals surface area contributed by atoms with Crippen molar-refractivity contribution >= 4 is 21.9 Å². The van der Waals surface area contributed by atoms with E-state index in [-0.39, 0.29) is 12.2 Å². The van der Waals surface area contributed by atoms with E-state index in [4.69, 9.17) is 23.4 Å². The minimum absolute atomic E-state index is 0.247. The number of hydrogen-bond acceptors (Lipinski definition) is 5. The molecule has 3 heterocycles. The fraction of sp³-hybridized carbons (Fsp3) is 0.333. The molecule has 5 heteroatoms. The fourth-order valence-corrected chi connectivity index (χ4v) is 2.62. The van der Waals surface area contributed by atoms with Crippen LogP contribution in [0, 0.1) is 0 Å². The Morgan fingerprint density at radius 3 is 1.70 bits per heavy atom. The van der Waals surface area contributed by atoms with E-state index in [2.05, 4.69) is 0 Å². The van der Waals surface area contributed by atoms with Crippen molar-refractivity contribution in [3.05, 3.63) is 36.4 Å². The van der Waals surface area contributed by atoms with Crippen molar-refractivity contribution in [2.24, 2.45) is 0 Å². The Hall–Kier alpha value is -2.24. The zero-order chi connectivity index (χ0) is 15.2. The molecule has 0 saturated carbocycles. The molecule has 118 valence electrons. The Labute approximate surface area is 132 Å². The van der Waals surface area contributed by atoms with E-state index in [0.717, 1.165) is 46.7 Å². The number of benzene rings is 2. The maximum atomic E-state index is 5.96. The van der Waals surface area contributed by atoms with Crippen LogP contribution < -0.4 is 9.47 Å². The molecule has 2 aliphatic rings. The third kappa shape index (κ3) is 2.73. The van der Waals surface area contributed by atoms with Crippen LogP contribution in [0.1, 0.15) is 0 Å². The van der Waals surface area contributed by atoms with E-state index in [9.17, 15) is 0 Å². The Morgan fingerprint density at radius 1 is 0.783 bits per heavy atom. The summed E-state index contributed by atoms with van der Waals surface area (Å²) in [4.78, 5) is 0. The lowest BCUT2D eigenvalue weighted by Gasteiger charge is -2.03.